The number of amides is 1. The molecule has 2 aromatic rings. The lowest BCUT2D eigenvalue weighted by molar-refractivity contribution is -0.131. The molecule has 1 aliphatic rings. The van der Waals surface area contributed by atoms with Crippen molar-refractivity contribution in [3.05, 3.63) is 65.5 Å². The molecule has 1 aliphatic heterocycles. The Morgan fingerprint density at radius 1 is 1.23 bits per heavy atom. The van der Waals surface area contributed by atoms with Gasteiger partial charge in [-0.1, -0.05) is 30.3 Å². The molecule has 114 valence electrons. The van der Waals surface area contributed by atoms with Crippen molar-refractivity contribution in [3.8, 4) is 5.75 Å². The fraction of sp³-hybridized carbons (Fsp3) is 0.278. The van der Waals surface area contributed by atoms with Gasteiger partial charge in [-0.3, -0.25) is 4.79 Å². The van der Waals surface area contributed by atoms with Crippen LogP contribution < -0.4 is 0 Å². The monoisotopic (exact) mass is 299 g/mol. The number of nitrogens with zero attached hydrogens (tertiary/aromatic N) is 1. The van der Waals surface area contributed by atoms with Crippen molar-refractivity contribution in [1.29, 1.82) is 0 Å². The van der Waals surface area contributed by atoms with E-state index in [0.29, 0.717) is 12.1 Å². The van der Waals surface area contributed by atoms with Crippen molar-refractivity contribution in [2.24, 2.45) is 0 Å². The van der Waals surface area contributed by atoms with E-state index in [9.17, 15) is 14.3 Å². The zero-order valence-corrected chi connectivity index (χ0v) is 12.2. The zero-order valence-electron chi connectivity index (χ0n) is 12.2. The van der Waals surface area contributed by atoms with Crippen LogP contribution in [0, 0.1) is 5.82 Å². The average molecular weight is 299 g/mol. The minimum atomic E-state index is -0.280. The Balaban J connectivity index is 1.78. The lowest BCUT2D eigenvalue weighted by Gasteiger charge is -2.25. The number of hydrogen-bond acceptors (Lipinski definition) is 2. The molecule has 4 heteroatoms. The van der Waals surface area contributed by atoms with Gasteiger partial charge in [0.25, 0.3) is 0 Å². The molecule has 1 saturated heterocycles. The first-order valence-corrected chi connectivity index (χ1v) is 7.47. The summed E-state index contributed by atoms with van der Waals surface area (Å²) in [6.07, 6.45) is 1.92. The number of halogens is 1. The van der Waals surface area contributed by atoms with Crippen molar-refractivity contribution in [2.75, 3.05) is 6.54 Å². The van der Waals surface area contributed by atoms with Gasteiger partial charge in [-0.05, 0) is 36.6 Å². The molecule has 0 aliphatic carbocycles. The van der Waals surface area contributed by atoms with Gasteiger partial charge in [-0.2, -0.15) is 0 Å². The van der Waals surface area contributed by atoms with Crippen LogP contribution in [0.25, 0.3) is 0 Å². The summed E-state index contributed by atoms with van der Waals surface area (Å²) in [5, 5.41) is 9.80. The molecule has 1 N–H and O–H groups in total. The Labute approximate surface area is 129 Å². The van der Waals surface area contributed by atoms with Crippen LogP contribution in [-0.2, 0) is 11.2 Å². The molecule has 0 bridgehead atoms. The lowest BCUT2D eigenvalue weighted by Crippen LogP contribution is -2.31. The predicted molar refractivity (Wildman–Crippen MR) is 81.9 cm³/mol. The first-order valence-electron chi connectivity index (χ1n) is 7.47. The second-order valence-corrected chi connectivity index (χ2v) is 5.61. The minimum absolute atomic E-state index is 0.0340. The SMILES string of the molecule is O=C(Cc1ccccc1O)N1CCCC1c1cccc(F)c1. The third kappa shape index (κ3) is 2.96. The van der Waals surface area contributed by atoms with Crippen molar-refractivity contribution in [2.45, 2.75) is 25.3 Å². The summed E-state index contributed by atoms with van der Waals surface area (Å²) >= 11 is 0. The van der Waals surface area contributed by atoms with Crippen LogP contribution in [0.3, 0.4) is 0 Å². The number of benzene rings is 2. The van der Waals surface area contributed by atoms with Crippen LogP contribution in [0.4, 0.5) is 4.39 Å². The van der Waals surface area contributed by atoms with Crippen molar-refractivity contribution < 1.29 is 14.3 Å². The number of carbonyl (C=O) groups is 1. The average Bonchev–Trinajstić information content (AvgIpc) is 2.99. The topological polar surface area (TPSA) is 40.5 Å². The van der Waals surface area contributed by atoms with E-state index in [1.807, 2.05) is 6.07 Å². The van der Waals surface area contributed by atoms with Gasteiger partial charge in [-0.15, -0.1) is 0 Å². The quantitative estimate of drug-likeness (QED) is 0.943. The molecule has 1 unspecified atom stereocenters. The van der Waals surface area contributed by atoms with E-state index in [4.69, 9.17) is 0 Å². The van der Waals surface area contributed by atoms with E-state index in [2.05, 4.69) is 0 Å². The number of aromatic hydroxyl groups is 1. The maximum atomic E-state index is 13.4. The van der Waals surface area contributed by atoms with E-state index >= 15 is 0 Å². The Hall–Kier alpha value is -2.36. The van der Waals surface area contributed by atoms with Gasteiger partial charge in [-0.25, -0.2) is 4.39 Å². The summed E-state index contributed by atoms with van der Waals surface area (Å²) in [5.74, 6) is -0.178. The van der Waals surface area contributed by atoms with Crippen LogP contribution in [0.2, 0.25) is 0 Å². The normalized spacial score (nSPS) is 17.7. The van der Waals surface area contributed by atoms with Gasteiger partial charge < -0.3 is 10.0 Å². The maximum Gasteiger partial charge on any atom is 0.227 e. The molecular formula is C18H18FNO2. The number of phenolic OH excluding ortho intramolecular Hbond substituents is 1. The molecular weight excluding hydrogens is 281 g/mol. The van der Waals surface area contributed by atoms with Crippen molar-refractivity contribution in [3.63, 3.8) is 0 Å². The van der Waals surface area contributed by atoms with Crippen molar-refractivity contribution in [1.82, 2.24) is 4.90 Å². The fourth-order valence-electron chi connectivity index (χ4n) is 3.05. The molecule has 3 nitrogen and oxygen atoms in total. The van der Waals surface area contributed by atoms with Crippen LogP contribution in [0.5, 0.6) is 5.75 Å². The second kappa shape index (κ2) is 6.18. The second-order valence-electron chi connectivity index (χ2n) is 5.61. The van der Waals surface area contributed by atoms with Gasteiger partial charge in [0.1, 0.15) is 11.6 Å². The molecule has 1 atom stereocenters. The summed E-state index contributed by atoms with van der Waals surface area (Å²) in [6.45, 7) is 0.674. The number of hydrogen-bond donors (Lipinski definition) is 1. The van der Waals surface area contributed by atoms with Gasteiger partial charge in [0, 0.05) is 12.1 Å². The number of phenols is 1. The van der Waals surface area contributed by atoms with E-state index in [0.717, 1.165) is 18.4 Å². The standard InChI is InChI=1S/C18H18FNO2/c19-15-7-3-6-13(11-15)16-8-4-10-20(16)18(22)12-14-5-1-2-9-17(14)21/h1-3,5-7,9,11,16,21H,4,8,10,12H2. The Morgan fingerprint density at radius 2 is 2.05 bits per heavy atom. The molecule has 2 aromatic carbocycles. The molecule has 1 amide bonds. The molecule has 0 radical (unpaired) electrons. The molecule has 22 heavy (non-hydrogen) atoms. The van der Waals surface area contributed by atoms with Crippen LogP contribution >= 0.6 is 0 Å². The van der Waals surface area contributed by atoms with E-state index in [-0.39, 0.29) is 29.9 Å². The summed E-state index contributed by atoms with van der Waals surface area (Å²) in [5.41, 5.74) is 1.46. The first-order chi connectivity index (χ1) is 10.6. The number of carbonyl (C=O) groups excluding carboxylic acids is 1. The minimum Gasteiger partial charge on any atom is -0.508 e. The van der Waals surface area contributed by atoms with Crippen LogP contribution in [0.1, 0.15) is 30.0 Å². The number of para-hydroxylation sites is 1. The summed E-state index contributed by atoms with van der Waals surface area (Å²) < 4.78 is 13.4. The Kier molecular flexibility index (Phi) is 4.09. The van der Waals surface area contributed by atoms with Gasteiger partial charge in [0.05, 0.1) is 12.5 Å². The highest BCUT2D eigenvalue weighted by Crippen LogP contribution is 2.33. The largest absolute Gasteiger partial charge is 0.508 e. The predicted octanol–water partition coefficient (Wildman–Crippen LogP) is 3.44. The van der Waals surface area contributed by atoms with Gasteiger partial charge in [0.15, 0.2) is 0 Å². The lowest BCUT2D eigenvalue weighted by atomic mass is 10.0. The van der Waals surface area contributed by atoms with Crippen LogP contribution in [0.15, 0.2) is 48.5 Å². The first kappa shape index (κ1) is 14.6. The highest BCUT2D eigenvalue weighted by Gasteiger charge is 2.30. The van der Waals surface area contributed by atoms with Crippen LogP contribution in [-0.4, -0.2) is 22.5 Å². The number of rotatable bonds is 3. The molecule has 3 rings (SSSR count). The zero-order chi connectivity index (χ0) is 15.5. The Morgan fingerprint density at radius 3 is 2.82 bits per heavy atom. The molecule has 0 aromatic heterocycles. The summed E-state index contributed by atoms with van der Waals surface area (Å²) in [6, 6.07) is 13.2. The smallest absolute Gasteiger partial charge is 0.227 e. The Bertz CT molecular complexity index is 686. The van der Waals surface area contributed by atoms with Crippen molar-refractivity contribution >= 4 is 5.91 Å². The molecule has 1 fully saturated rings. The summed E-state index contributed by atoms with van der Waals surface area (Å²) in [7, 11) is 0. The van der Waals surface area contributed by atoms with Gasteiger partial charge >= 0.3 is 0 Å². The van der Waals surface area contributed by atoms with E-state index < -0.39 is 0 Å². The van der Waals surface area contributed by atoms with E-state index in [1.165, 1.54) is 12.1 Å². The summed E-state index contributed by atoms with van der Waals surface area (Å²) in [4.78, 5) is 14.3. The highest BCUT2D eigenvalue weighted by atomic mass is 19.1. The maximum absolute atomic E-state index is 13.4. The third-order valence-electron chi connectivity index (χ3n) is 4.14. The third-order valence-corrected chi connectivity index (χ3v) is 4.14. The fourth-order valence-corrected chi connectivity index (χ4v) is 3.05. The van der Waals surface area contributed by atoms with E-state index in [1.54, 1.807) is 35.2 Å². The van der Waals surface area contributed by atoms with Gasteiger partial charge in [0.2, 0.25) is 5.91 Å². The number of likely N-dealkylation sites (tertiary alicyclic amines) is 1. The molecule has 0 spiro atoms. The molecule has 0 saturated carbocycles. The molecule has 1 heterocycles. The highest BCUT2D eigenvalue weighted by molar-refractivity contribution is 5.80.